The molecule has 0 unspecified atom stereocenters. The molecule has 0 aromatic heterocycles. The van der Waals surface area contributed by atoms with Gasteiger partial charge in [-0.1, -0.05) is 44.0 Å². The zero-order valence-corrected chi connectivity index (χ0v) is 16.2. The van der Waals surface area contributed by atoms with E-state index in [2.05, 4.69) is 31.9 Å². The predicted molar refractivity (Wildman–Crippen MR) is 96.7 cm³/mol. The molecule has 0 saturated heterocycles. The van der Waals surface area contributed by atoms with Gasteiger partial charge in [0.1, 0.15) is 0 Å². The number of benzene rings is 2. The van der Waals surface area contributed by atoms with Crippen LogP contribution in [0.25, 0.3) is 0 Å². The van der Waals surface area contributed by atoms with Gasteiger partial charge in [-0.3, -0.25) is 0 Å². The summed E-state index contributed by atoms with van der Waals surface area (Å²) in [6, 6.07) is 14.8. The third kappa shape index (κ3) is 5.19. The van der Waals surface area contributed by atoms with Crippen LogP contribution in [-0.4, -0.2) is 32.7 Å². The number of nitrogens with zero attached hydrogens (tertiary/aromatic N) is 1. The molecule has 0 fully saturated rings. The van der Waals surface area contributed by atoms with E-state index in [1.165, 1.54) is 0 Å². The summed E-state index contributed by atoms with van der Waals surface area (Å²) >= 11 is 6.71. The Hall–Kier alpha value is -0.690. The summed E-state index contributed by atoms with van der Waals surface area (Å²) in [5, 5.41) is 0. The molecule has 0 atom stereocenters. The van der Waals surface area contributed by atoms with Crippen molar-refractivity contribution in [3.8, 4) is 0 Å². The SMILES string of the molecule is CN(CCS(=O)(=O)c1ccc(Br)cc1)Cc1ccc(Br)cc1. The number of halogens is 2. The van der Waals surface area contributed by atoms with Crippen molar-refractivity contribution in [2.24, 2.45) is 0 Å². The largest absolute Gasteiger partial charge is 0.301 e. The maximum absolute atomic E-state index is 12.3. The summed E-state index contributed by atoms with van der Waals surface area (Å²) in [6.07, 6.45) is 0. The number of hydrogen-bond donors (Lipinski definition) is 0. The molecule has 0 aliphatic rings. The second-order valence-corrected chi connectivity index (χ2v) is 9.08. The standard InChI is InChI=1S/C16H17Br2NO2S/c1-19(12-13-2-4-14(17)5-3-13)10-11-22(20,21)16-8-6-15(18)7-9-16/h2-9H,10-12H2,1H3. The summed E-state index contributed by atoms with van der Waals surface area (Å²) in [4.78, 5) is 2.38. The molecule has 22 heavy (non-hydrogen) atoms. The first-order chi connectivity index (χ1) is 10.4. The summed E-state index contributed by atoms with van der Waals surface area (Å²) < 4.78 is 26.5. The van der Waals surface area contributed by atoms with Gasteiger partial charge in [-0.15, -0.1) is 0 Å². The minimum Gasteiger partial charge on any atom is -0.301 e. The lowest BCUT2D eigenvalue weighted by Crippen LogP contribution is -2.25. The first kappa shape index (κ1) is 17.7. The molecule has 6 heteroatoms. The lowest BCUT2D eigenvalue weighted by Gasteiger charge is -2.16. The smallest absolute Gasteiger partial charge is 0.179 e. The highest BCUT2D eigenvalue weighted by molar-refractivity contribution is 9.10. The van der Waals surface area contributed by atoms with Gasteiger partial charge in [-0.25, -0.2) is 8.42 Å². The van der Waals surface area contributed by atoms with Gasteiger partial charge in [0.05, 0.1) is 10.6 Å². The van der Waals surface area contributed by atoms with Gasteiger partial charge in [-0.2, -0.15) is 0 Å². The summed E-state index contributed by atoms with van der Waals surface area (Å²) in [6.45, 7) is 1.22. The fourth-order valence-corrected chi connectivity index (χ4v) is 3.88. The van der Waals surface area contributed by atoms with E-state index in [0.29, 0.717) is 11.4 Å². The topological polar surface area (TPSA) is 37.4 Å². The Morgan fingerprint density at radius 1 is 0.909 bits per heavy atom. The van der Waals surface area contributed by atoms with Crippen molar-refractivity contribution in [2.75, 3.05) is 19.3 Å². The van der Waals surface area contributed by atoms with Gasteiger partial charge in [0.25, 0.3) is 0 Å². The highest BCUT2D eigenvalue weighted by Crippen LogP contribution is 2.16. The second-order valence-electron chi connectivity index (χ2n) is 5.14. The van der Waals surface area contributed by atoms with Gasteiger partial charge >= 0.3 is 0 Å². The Morgan fingerprint density at radius 3 is 1.95 bits per heavy atom. The van der Waals surface area contributed by atoms with Crippen LogP contribution in [0.5, 0.6) is 0 Å². The van der Waals surface area contributed by atoms with Crippen LogP contribution in [0, 0.1) is 0 Å². The van der Waals surface area contributed by atoms with Crippen LogP contribution in [0.2, 0.25) is 0 Å². The summed E-state index contributed by atoms with van der Waals surface area (Å²) in [5.41, 5.74) is 1.16. The predicted octanol–water partition coefficient (Wildman–Crippen LogP) is 4.12. The minimum atomic E-state index is -3.24. The first-order valence-electron chi connectivity index (χ1n) is 6.78. The van der Waals surface area contributed by atoms with Gasteiger partial charge in [0, 0.05) is 22.0 Å². The van der Waals surface area contributed by atoms with E-state index in [1.807, 2.05) is 36.2 Å². The zero-order valence-electron chi connectivity index (χ0n) is 12.2. The van der Waals surface area contributed by atoms with Crippen LogP contribution in [0.15, 0.2) is 62.4 Å². The zero-order chi connectivity index (χ0) is 16.2. The Balaban J connectivity index is 1.93. The fraction of sp³-hybridized carbons (Fsp3) is 0.250. The van der Waals surface area contributed by atoms with Crippen LogP contribution < -0.4 is 0 Å². The van der Waals surface area contributed by atoms with E-state index in [1.54, 1.807) is 24.3 Å². The normalized spacial score (nSPS) is 11.8. The maximum atomic E-state index is 12.3. The molecule has 2 aromatic carbocycles. The van der Waals surface area contributed by atoms with Gasteiger partial charge < -0.3 is 4.90 Å². The average molecular weight is 447 g/mol. The highest BCUT2D eigenvalue weighted by atomic mass is 79.9. The third-order valence-electron chi connectivity index (χ3n) is 3.28. The van der Waals surface area contributed by atoms with Crippen molar-refractivity contribution in [2.45, 2.75) is 11.4 Å². The highest BCUT2D eigenvalue weighted by Gasteiger charge is 2.15. The molecular formula is C16H17Br2NO2S. The van der Waals surface area contributed by atoms with E-state index in [9.17, 15) is 8.42 Å². The molecule has 0 saturated carbocycles. The first-order valence-corrected chi connectivity index (χ1v) is 10.0. The van der Waals surface area contributed by atoms with E-state index in [4.69, 9.17) is 0 Å². The van der Waals surface area contributed by atoms with E-state index >= 15 is 0 Å². The van der Waals surface area contributed by atoms with E-state index in [0.717, 1.165) is 21.1 Å². The van der Waals surface area contributed by atoms with Crippen molar-refractivity contribution in [1.29, 1.82) is 0 Å². The quantitative estimate of drug-likeness (QED) is 0.669. The number of rotatable bonds is 6. The summed E-state index contributed by atoms with van der Waals surface area (Å²) in [5.74, 6) is 0.113. The molecule has 118 valence electrons. The third-order valence-corrected chi connectivity index (χ3v) is 6.05. The minimum absolute atomic E-state index is 0.113. The lowest BCUT2D eigenvalue weighted by atomic mass is 10.2. The van der Waals surface area contributed by atoms with Crippen LogP contribution in [0.1, 0.15) is 5.56 Å². The molecule has 2 rings (SSSR count). The fourth-order valence-electron chi connectivity index (χ4n) is 2.02. The molecule has 3 nitrogen and oxygen atoms in total. The van der Waals surface area contributed by atoms with Gasteiger partial charge in [0.2, 0.25) is 0 Å². The lowest BCUT2D eigenvalue weighted by molar-refractivity contribution is 0.346. The number of hydrogen-bond acceptors (Lipinski definition) is 3. The molecule has 0 radical (unpaired) electrons. The van der Waals surface area contributed by atoms with Crippen LogP contribution in [-0.2, 0) is 16.4 Å². The Kier molecular flexibility index (Phi) is 6.20. The average Bonchev–Trinajstić information content (AvgIpc) is 2.48. The summed E-state index contributed by atoms with van der Waals surface area (Å²) in [7, 11) is -1.31. The van der Waals surface area contributed by atoms with Crippen LogP contribution in [0.4, 0.5) is 0 Å². The molecule has 0 bridgehead atoms. The van der Waals surface area contributed by atoms with E-state index < -0.39 is 9.84 Å². The van der Waals surface area contributed by atoms with Crippen LogP contribution in [0.3, 0.4) is 0 Å². The van der Waals surface area contributed by atoms with Crippen molar-refractivity contribution in [3.05, 3.63) is 63.0 Å². The van der Waals surface area contributed by atoms with Crippen molar-refractivity contribution in [3.63, 3.8) is 0 Å². The molecule has 0 amide bonds. The Labute approximate surface area is 148 Å². The van der Waals surface area contributed by atoms with Crippen molar-refractivity contribution >= 4 is 41.7 Å². The second kappa shape index (κ2) is 7.73. The molecule has 0 heterocycles. The number of sulfone groups is 1. The molecule has 0 aliphatic heterocycles. The Morgan fingerprint density at radius 2 is 1.41 bits per heavy atom. The van der Waals surface area contributed by atoms with E-state index in [-0.39, 0.29) is 5.75 Å². The molecule has 2 aromatic rings. The molecular weight excluding hydrogens is 430 g/mol. The molecule has 0 N–H and O–H groups in total. The van der Waals surface area contributed by atoms with Crippen LogP contribution >= 0.6 is 31.9 Å². The van der Waals surface area contributed by atoms with Crippen molar-refractivity contribution in [1.82, 2.24) is 4.90 Å². The Bertz CT molecular complexity index is 713. The molecule has 0 spiro atoms. The van der Waals surface area contributed by atoms with Gasteiger partial charge in [0.15, 0.2) is 9.84 Å². The van der Waals surface area contributed by atoms with Gasteiger partial charge in [-0.05, 0) is 49.0 Å². The van der Waals surface area contributed by atoms with Crippen molar-refractivity contribution < 1.29 is 8.42 Å². The molecule has 0 aliphatic carbocycles. The monoisotopic (exact) mass is 445 g/mol. The maximum Gasteiger partial charge on any atom is 0.179 e.